The molecule has 0 spiro atoms. The highest BCUT2D eigenvalue weighted by molar-refractivity contribution is 8.00. The molecule has 0 radical (unpaired) electrons. The molecular formula is C22H20N4O4S. The lowest BCUT2D eigenvalue weighted by Gasteiger charge is -2.12. The first-order chi connectivity index (χ1) is 14.9. The number of thioether (sulfide) groups is 1. The molecule has 3 rings (SSSR count). The number of nitrogens with one attached hydrogen (secondary N) is 1. The first-order valence-electron chi connectivity index (χ1n) is 9.27. The Hall–Kier alpha value is -3.77. The zero-order valence-electron chi connectivity index (χ0n) is 17.0. The highest BCUT2D eigenvalue weighted by Gasteiger charge is 2.18. The molecule has 0 saturated carbocycles. The van der Waals surface area contributed by atoms with Crippen LogP contribution in [0.3, 0.4) is 0 Å². The molecule has 8 nitrogen and oxygen atoms in total. The third-order valence-corrected chi connectivity index (χ3v) is 5.38. The van der Waals surface area contributed by atoms with Gasteiger partial charge in [0.1, 0.15) is 18.2 Å². The minimum absolute atomic E-state index is 0.0850. The number of aliphatic hydroxyl groups is 1. The van der Waals surface area contributed by atoms with Crippen molar-refractivity contribution in [3.8, 4) is 6.07 Å². The summed E-state index contributed by atoms with van der Waals surface area (Å²) in [4.78, 5) is 33.7. The number of hydrogen-bond donors (Lipinski definition) is 2. The highest BCUT2D eigenvalue weighted by Crippen LogP contribution is 2.24. The van der Waals surface area contributed by atoms with Crippen LogP contribution in [0.25, 0.3) is 16.6 Å². The predicted octanol–water partition coefficient (Wildman–Crippen LogP) is 3.39. The van der Waals surface area contributed by atoms with Crippen LogP contribution in [0.1, 0.15) is 16.2 Å². The van der Waals surface area contributed by atoms with Crippen LogP contribution < -0.4 is 0 Å². The van der Waals surface area contributed by atoms with E-state index >= 15 is 0 Å². The van der Waals surface area contributed by atoms with Crippen molar-refractivity contribution in [2.75, 3.05) is 26.5 Å². The first-order valence-corrected chi connectivity index (χ1v) is 10.3. The van der Waals surface area contributed by atoms with Crippen molar-refractivity contribution in [1.82, 2.24) is 14.9 Å². The van der Waals surface area contributed by atoms with E-state index in [9.17, 15) is 20.0 Å². The van der Waals surface area contributed by atoms with Crippen molar-refractivity contribution in [1.29, 1.82) is 5.26 Å². The Kier molecular flexibility index (Phi) is 6.95. The molecule has 0 aliphatic heterocycles. The number of benzene rings is 2. The predicted molar refractivity (Wildman–Crippen MR) is 117 cm³/mol. The molecule has 2 aromatic carbocycles. The van der Waals surface area contributed by atoms with Crippen molar-refractivity contribution in [3.05, 3.63) is 65.7 Å². The number of ether oxygens (including phenoxy) is 1. The smallest absolute Gasteiger partial charge is 0.339 e. The van der Waals surface area contributed by atoms with Crippen LogP contribution in [0.5, 0.6) is 0 Å². The van der Waals surface area contributed by atoms with Gasteiger partial charge in [-0.2, -0.15) is 5.26 Å². The number of aromatic nitrogens is 2. The van der Waals surface area contributed by atoms with E-state index in [1.54, 1.807) is 50.5 Å². The highest BCUT2D eigenvalue weighted by atomic mass is 32.2. The maximum atomic E-state index is 12.6. The Morgan fingerprint density at radius 3 is 2.61 bits per heavy atom. The maximum Gasteiger partial charge on any atom is 0.339 e. The number of carbonyl (C=O) groups excluding carboxylic acids is 2. The Labute approximate surface area is 183 Å². The molecule has 0 atom stereocenters. The van der Waals surface area contributed by atoms with Gasteiger partial charge in [-0.05, 0) is 24.3 Å². The summed E-state index contributed by atoms with van der Waals surface area (Å²) in [7, 11) is 3.32. The molecule has 1 amide bonds. The second-order valence-corrected chi connectivity index (χ2v) is 7.70. The number of imidazole rings is 1. The molecule has 2 N–H and O–H groups in total. The van der Waals surface area contributed by atoms with Crippen LogP contribution in [-0.4, -0.2) is 58.3 Å². The monoisotopic (exact) mass is 436 g/mol. The lowest BCUT2D eigenvalue weighted by molar-refractivity contribution is -0.125. The van der Waals surface area contributed by atoms with Crippen molar-refractivity contribution in [2.45, 2.75) is 4.90 Å². The van der Waals surface area contributed by atoms with Crippen LogP contribution in [0.15, 0.2) is 59.2 Å². The number of esters is 1. The molecule has 0 aliphatic carbocycles. The summed E-state index contributed by atoms with van der Waals surface area (Å²) < 4.78 is 5.21. The Morgan fingerprint density at radius 2 is 1.90 bits per heavy atom. The van der Waals surface area contributed by atoms with E-state index in [1.807, 2.05) is 18.2 Å². The topological polar surface area (TPSA) is 119 Å². The Balaban J connectivity index is 1.73. The number of carbonyl (C=O) groups is 2. The molecule has 1 heterocycles. The summed E-state index contributed by atoms with van der Waals surface area (Å²) in [5.41, 5.74) is 1.53. The van der Waals surface area contributed by atoms with Crippen molar-refractivity contribution >= 4 is 40.2 Å². The van der Waals surface area contributed by atoms with Crippen molar-refractivity contribution in [3.63, 3.8) is 0 Å². The summed E-state index contributed by atoms with van der Waals surface area (Å²) in [5, 5.41) is 19.8. The quantitative estimate of drug-likeness (QED) is 0.252. The van der Waals surface area contributed by atoms with Crippen LogP contribution in [-0.2, 0) is 9.53 Å². The van der Waals surface area contributed by atoms with Gasteiger partial charge >= 0.3 is 5.97 Å². The Morgan fingerprint density at radius 1 is 1.19 bits per heavy atom. The average Bonchev–Trinajstić information content (AvgIpc) is 3.20. The average molecular weight is 436 g/mol. The van der Waals surface area contributed by atoms with E-state index < -0.39 is 18.3 Å². The second-order valence-electron chi connectivity index (χ2n) is 6.69. The van der Waals surface area contributed by atoms with Gasteiger partial charge in [0.05, 0.1) is 22.3 Å². The van der Waals surface area contributed by atoms with Gasteiger partial charge < -0.3 is 19.7 Å². The number of H-pyrrole nitrogens is 1. The summed E-state index contributed by atoms with van der Waals surface area (Å²) in [6, 6.07) is 15.8. The number of aromatic amines is 1. The SMILES string of the molecule is CN(C)C(=O)CSc1ccccc1C(=O)OC/C(O)=C(\C#N)c1nc2ccccc2[nH]1. The van der Waals surface area contributed by atoms with E-state index in [4.69, 9.17) is 4.74 Å². The van der Waals surface area contributed by atoms with Gasteiger partial charge in [-0.3, -0.25) is 4.79 Å². The fourth-order valence-corrected chi connectivity index (χ4v) is 3.66. The van der Waals surface area contributed by atoms with Crippen molar-refractivity contribution in [2.24, 2.45) is 0 Å². The summed E-state index contributed by atoms with van der Waals surface area (Å²) in [6.07, 6.45) is 0. The number of rotatable bonds is 7. The molecule has 31 heavy (non-hydrogen) atoms. The number of nitriles is 1. The molecule has 0 unspecified atom stereocenters. The van der Waals surface area contributed by atoms with E-state index in [1.165, 1.54) is 16.7 Å². The van der Waals surface area contributed by atoms with Gasteiger partial charge in [-0.1, -0.05) is 24.3 Å². The van der Waals surface area contributed by atoms with E-state index in [0.29, 0.717) is 15.9 Å². The fraction of sp³-hybridized carbons (Fsp3) is 0.182. The molecule has 0 saturated heterocycles. The minimum Gasteiger partial charge on any atom is -0.507 e. The minimum atomic E-state index is -0.672. The number of aliphatic hydroxyl groups excluding tert-OH is 1. The molecule has 9 heteroatoms. The lowest BCUT2D eigenvalue weighted by Crippen LogP contribution is -2.23. The van der Waals surface area contributed by atoms with E-state index in [2.05, 4.69) is 9.97 Å². The van der Waals surface area contributed by atoms with Gasteiger partial charge in [0.2, 0.25) is 5.91 Å². The van der Waals surface area contributed by atoms with Crippen molar-refractivity contribution < 1.29 is 19.4 Å². The zero-order chi connectivity index (χ0) is 22.4. The third-order valence-electron chi connectivity index (χ3n) is 4.32. The maximum absolute atomic E-state index is 12.6. The van der Waals surface area contributed by atoms with Crippen LogP contribution in [0.2, 0.25) is 0 Å². The summed E-state index contributed by atoms with van der Waals surface area (Å²) in [5.74, 6) is -0.807. The standard InChI is InChI=1S/C22H20N4O4S/c1-26(2)20(28)13-31-19-10-6-3-7-14(19)22(29)30-12-18(27)15(11-23)21-24-16-8-4-5-9-17(16)25-21/h3-10,27H,12-13H2,1-2H3,(H,24,25)/b18-15-. The Bertz CT molecular complexity index is 1160. The lowest BCUT2D eigenvalue weighted by atomic mass is 10.2. The van der Waals surface area contributed by atoms with Gasteiger partial charge in [0.25, 0.3) is 0 Å². The van der Waals surface area contributed by atoms with Crippen LogP contribution >= 0.6 is 11.8 Å². The molecule has 158 valence electrons. The fourth-order valence-electron chi connectivity index (χ4n) is 2.64. The first kappa shape index (κ1) is 21.9. The second kappa shape index (κ2) is 9.82. The normalized spacial score (nSPS) is 11.5. The van der Waals surface area contributed by atoms with Crippen LogP contribution in [0, 0.1) is 11.3 Å². The van der Waals surface area contributed by atoms with Crippen LogP contribution in [0.4, 0.5) is 0 Å². The van der Waals surface area contributed by atoms with E-state index in [-0.39, 0.29) is 28.6 Å². The third kappa shape index (κ3) is 5.24. The molecule has 0 aliphatic rings. The van der Waals surface area contributed by atoms with Gasteiger partial charge in [-0.25, -0.2) is 9.78 Å². The number of allylic oxidation sites excluding steroid dienone is 1. The van der Waals surface area contributed by atoms with Gasteiger partial charge in [0.15, 0.2) is 11.6 Å². The zero-order valence-corrected chi connectivity index (χ0v) is 17.8. The molecule has 3 aromatic rings. The van der Waals surface area contributed by atoms with E-state index in [0.717, 1.165) is 0 Å². The molecule has 0 fully saturated rings. The summed E-state index contributed by atoms with van der Waals surface area (Å²) >= 11 is 1.22. The number of nitrogens with zero attached hydrogens (tertiary/aromatic N) is 3. The molecule has 0 bridgehead atoms. The molecular weight excluding hydrogens is 416 g/mol. The number of para-hydroxylation sites is 2. The molecule has 1 aromatic heterocycles. The number of hydrogen-bond acceptors (Lipinski definition) is 7. The number of amides is 1. The van der Waals surface area contributed by atoms with Gasteiger partial charge in [0, 0.05) is 19.0 Å². The largest absolute Gasteiger partial charge is 0.507 e. The van der Waals surface area contributed by atoms with Gasteiger partial charge in [-0.15, -0.1) is 11.8 Å². The summed E-state index contributed by atoms with van der Waals surface area (Å²) in [6.45, 7) is -0.492. The number of fused-ring (bicyclic) bond motifs is 1.